The van der Waals surface area contributed by atoms with Gasteiger partial charge in [-0.2, -0.15) is 0 Å². The van der Waals surface area contributed by atoms with Crippen LogP contribution in [-0.2, 0) is 0 Å². The van der Waals surface area contributed by atoms with Crippen molar-refractivity contribution in [2.24, 2.45) is 5.92 Å². The fourth-order valence-corrected chi connectivity index (χ4v) is 6.19. The molecule has 0 aromatic carbocycles. The molecule has 0 spiro atoms. The fourth-order valence-electron chi connectivity index (χ4n) is 5.17. The Labute approximate surface area is 207 Å². The van der Waals surface area contributed by atoms with Gasteiger partial charge in [-0.25, -0.2) is 0 Å². The summed E-state index contributed by atoms with van der Waals surface area (Å²) in [4.78, 5) is 0. The van der Waals surface area contributed by atoms with Gasteiger partial charge in [0.25, 0.3) is 0 Å². The van der Waals surface area contributed by atoms with Gasteiger partial charge in [-0.05, 0) is 31.6 Å². The van der Waals surface area contributed by atoms with Crippen LogP contribution in [0.4, 0.5) is 0 Å². The van der Waals surface area contributed by atoms with Crippen LogP contribution in [0, 0.1) is 5.92 Å². The first kappa shape index (κ1) is 31.5. The summed E-state index contributed by atoms with van der Waals surface area (Å²) in [5.41, 5.74) is 0. The van der Waals surface area contributed by atoms with Gasteiger partial charge in [0.05, 0.1) is 0 Å². The van der Waals surface area contributed by atoms with Crippen molar-refractivity contribution in [2.75, 3.05) is 0 Å². The van der Waals surface area contributed by atoms with Crippen molar-refractivity contribution in [1.29, 1.82) is 0 Å². The molecule has 188 valence electrons. The highest BCUT2D eigenvalue weighted by atomic mass is 79.9. The lowest BCUT2D eigenvalue weighted by molar-refractivity contribution is 0.282. The highest BCUT2D eigenvalue weighted by Gasteiger charge is 2.34. The Hall–Kier alpha value is 0.480. The van der Waals surface area contributed by atoms with Crippen LogP contribution in [0.5, 0.6) is 0 Å². The van der Waals surface area contributed by atoms with E-state index in [-0.39, 0.29) is 0 Å². The Morgan fingerprint density at radius 3 is 1.13 bits per heavy atom. The second-order valence-electron chi connectivity index (χ2n) is 10.5. The molecule has 0 aromatic heterocycles. The molecular formula is C30H61Br. The molecule has 0 amide bonds. The molecule has 0 saturated carbocycles. The van der Waals surface area contributed by atoms with Crippen LogP contribution < -0.4 is 0 Å². The topological polar surface area (TPSA) is 0 Å². The van der Waals surface area contributed by atoms with E-state index in [4.69, 9.17) is 0 Å². The number of rotatable bonds is 25. The molecule has 31 heavy (non-hydrogen) atoms. The van der Waals surface area contributed by atoms with E-state index in [1.807, 2.05) is 0 Å². The minimum absolute atomic E-state index is 0.421. The van der Waals surface area contributed by atoms with Crippen molar-refractivity contribution in [1.82, 2.24) is 0 Å². The van der Waals surface area contributed by atoms with E-state index in [1.54, 1.807) is 0 Å². The summed E-state index contributed by atoms with van der Waals surface area (Å²) in [6.45, 7) is 9.36. The lowest BCUT2D eigenvalue weighted by Gasteiger charge is -2.37. The number of hydrogen-bond acceptors (Lipinski definition) is 0. The van der Waals surface area contributed by atoms with E-state index in [1.165, 1.54) is 154 Å². The van der Waals surface area contributed by atoms with Gasteiger partial charge >= 0.3 is 0 Å². The zero-order chi connectivity index (χ0) is 23.0. The zero-order valence-corrected chi connectivity index (χ0v) is 24.0. The molecule has 0 heterocycles. The largest absolute Gasteiger partial charge is 0.0850 e. The van der Waals surface area contributed by atoms with Gasteiger partial charge in [-0.1, -0.05) is 172 Å². The van der Waals surface area contributed by atoms with Gasteiger partial charge in [0.1, 0.15) is 0 Å². The second-order valence-corrected chi connectivity index (χ2v) is 12.0. The lowest BCUT2D eigenvalue weighted by atomic mass is 9.78. The van der Waals surface area contributed by atoms with E-state index in [0.29, 0.717) is 4.32 Å². The monoisotopic (exact) mass is 500 g/mol. The van der Waals surface area contributed by atoms with Crippen LogP contribution in [0.2, 0.25) is 0 Å². The zero-order valence-electron chi connectivity index (χ0n) is 22.4. The smallest absolute Gasteiger partial charge is 0.0286 e. The predicted molar refractivity (Wildman–Crippen MR) is 149 cm³/mol. The summed E-state index contributed by atoms with van der Waals surface area (Å²) in [7, 11) is 0. The van der Waals surface area contributed by atoms with Crippen molar-refractivity contribution < 1.29 is 0 Å². The first-order valence-corrected chi connectivity index (χ1v) is 15.6. The van der Waals surface area contributed by atoms with Gasteiger partial charge in [-0.15, -0.1) is 0 Å². The normalized spacial score (nSPS) is 13.1. The highest BCUT2D eigenvalue weighted by molar-refractivity contribution is 9.10. The predicted octanol–water partition coefficient (Wildman–Crippen LogP) is 12.2. The van der Waals surface area contributed by atoms with Gasteiger partial charge in [0.2, 0.25) is 0 Å². The van der Waals surface area contributed by atoms with Crippen LogP contribution in [0.3, 0.4) is 0 Å². The molecule has 0 aliphatic rings. The molecular weight excluding hydrogens is 440 g/mol. The van der Waals surface area contributed by atoms with Crippen molar-refractivity contribution in [3.8, 4) is 0 Å². The minimum atomic E-state index is 0.421. The van der Waals surface area contributed by atoms with Crippen LogP contribution in [-0.4, -0.2) is 4.32 Å². The molecule has 0 bridgehead atoms. The Morgan fingerprint density at radius 1 is 0.419 bits per heavy atom. The van der Waals surface area contributed by atoms with E-state index in [2.05, 4.69) is 43.6 Å². The van der Waals surface area contributed by atoms with Gasteiger partial charge < -0.3 is 0 Å². The summed E-state index contributed by atoms with van der Waals surface area (Å²) < 4.78 is 0.421. The summed E-state index contributed by atoms with van der Waals surface area (Å²) in [6, 6.07) is 0. The Kier molecular flexibility index (Phi) is 24.0. The highest BCUT2D eigenvalue weighted by Crippen LogP contribution is 2.43. The molecule has 0 saturated heterocycles. The van der Waals surface area contributed by atoms with E-state index in [9.17, 15) is 0 Å². The molecule has 0 nitrogen and oxygen atoms in total. The van der Waals surface area contributed by atoms with Crippen LogP contribution >= 0.6 is 15.9 Å². The van der Waals surface area contributed by atoms with Crippen molar-refractivity contribution in [2.45, 2.75) is 186 Å². The Bertz CT molecular complexity index is 329. The Morgan fingerprint density at radius 2 is 0.742 bits per heavy atom. The average molecular weight is 502 g/mol. The SMILES string of the molecule is CCCCCCCCCCCCCCCCC(CCCC)C(Br)(CCCC)CCCC. The quantitative estimate of drug-likeness (QED) is 0.0862. The molecule has 1 atom stereocenters. The van der Waals surface area contributed by atoms with E-state index in [0.717, 1.165) is 5.92 Å². The fraction of sp³-hybridized carbons (Fsp3) is 1.00. The molecule has 1 heteroatoms. The summed E-state index contributed by atoms with van der Waals surface area (Å²) in [5.74, 6) is 0.892. The Balaban J connectivity index is 3.96. The molecule has 0 aliphatic carbocycles. The van der Waals surface area contributed by atoms with Gasteiger partial charge in [-0.3, -0.25) is 0 Å². The maximum atomic E-state index is 4.33. The molecule has 0 fully saturated rings. The molecule has 0 rings (SSSR count). The average Bonchev–Trinajstić information content (AvgIpc) is 2.78. The summed E-state index contributed by atoms with van der Waals surface area (Å²) >= 11 is 4.33. The van der Waals surface area contributed by atoms with Crippen molar-refractivity contribution >= 4 is 15.9 Å². The molecule has 1 unspecified atom stereocenters. The first-order chi connectivity index (χ1) is 15.1. The van der Waals surface area contributed by atoms with Crippen LogP contribution in [0.25, 0.3) is 0 Å². The third-order valence-corrected chi connectivity index (χ3v) is 8.88. The second kappa shape index (κ2) is 23.6. The maximum absolute atomic E-state index is 4.33. The third kappa shape index (κ3) is 18.6. The number of alkyl halides is 1. The molecule has 0 N–H and O–H groups in total. The van der Waals surface area contributed by atoms with Crippen LogP contribution in [0.15, 0.2) is 0 Å². The van der Waals surface area contributed by atoms with Gasteiger partial charge in [0.15, 0.2) is 0 Å². The maximum Gasteiger partial charge on any atom is 0.0286 e. The molecule has 0 aromatic rings. The first-order valence-electron chi connectivity index (χ1n) is 14.8. The minimum Gasteiger partial charge on any atom is -0.0850 e. The van der Waals surface area contributed by atoms with E-state index >= 15 is 0 Å². The standard InChI is InChI=1S/C30H61Br/c1-5-9-13-14-15-16-17-18-19-20-21-22-23-24-26-29(25-10-6-2)30(31,27-11-7-3)28-12-8-4/h29H,5-28H2,1-4H3. The number of hydrogen-bond donors (Lipinski definition) is 0. The lowest BCUT2D eigenvalue weighted by Crippen LogP contribution is -2.32. The van der Waals surface area contributed by atoms with E-state index < -0.39 is 0 Å². The van der Waals surface area contributed by atoms with Gasteiger partial charge in [0, 0.05) is 4.32 Å². The molecule has 0 aliphatic heterocycles. The summed E-state index contributed by atoms with van der Waals surface area (Å²) in [6.07, 6.45) is 34.3. The van der Waals surface area contributed by atoms with Crippen LogP contribution in [0.1, 0.15) is 182 Å². The summed E-state index contributed by atoms with van der Waals surface area (Å²) in [5, 5.41) is 0. The number of halogens is 1. The number of unbranched alkanes of at least 4 members (excludes halogenated alkanes) is 16. The van der Waals surface area contributed by atoms with Crippen molar-refractivity contribution in [3.63, 3.8) is 0 Å². The third-order valence-electron chi connectivity index (χ3n) is 7.44. The van der Waals surface area contributed by atoms with Crippen molar-refractivity contribution in [3.05, 3.63) is 0 Å². The molecule has 0 radical (unpaired) electrons.